The molecule has 0 unspecified atom stereocenters. The van der Waals surface area contributed by atoms with Gasteiger partial charge in [-0.15, -0.1) is 0 Å². The summed E-state index contributed by atoms with van der Waals surface area (Å²) in [4.78, 5) is 14.5. The molecule has 0 bridgehead atoms. The molecule has 0 fully saturated rings. The Labute approximate surface area is 88.3 Å². The lowest BCUT2D eigenvalue weighted by Gasteiger charge is -1.98. The van der Waals surface area contributed by atoms with Crippen LogP contribution in [0.15, 0.2) is 12.1 Å². The minimum atomic E-state index is -2.69. The van der Waals surface area contributed by atoms with Crippen LogP contribution in [0.2, 0.25) is 0 Å². The highest BCUT2D eigenvalue weighted by molar-refractivity contribution is 6.00. The van der Waals surface area contributed by atoms with E-state index in [4.69, 9.17) is 5.11 Å². The van der Waals surface area contributed by atoms with Gasteiger partial charge in [0.25, 0.3) is 6.43 Å². The molecule has 0 aliphatic rings. The van der Waals surface area contributed by atoms with Gasteiger partial charge in [0.2, 0.25) is 0 Å². The maximum atomic E-state index is 12.4. The van der Waals surface area contributed by atoms with Gasteiger partial charge < -0.3 is 5.11 Å². The second kappa shape index (κ2) is 3.51. The predicted octanol–water partition coefficient (Wildman–Crippen LogP) is 1.60. The number of rotatable bonds is 2. The molecule has 2 heterocycles. The van der Waals surface area contributed by atoms with E-state index < -0.39 is 18.1 Å². The molecule has 0 spiro atoms. The molecule has 2 aromatic rings. The second-order valence-electron chi connectivity index (χ2n) is 3.19. The van der Waals surface area contributed by atoms with Gasteiger partial charge in [0.1, 0.15) is 5.69 Å². The number of halogens is 2. The molecule has 0 amide bonds. The molecule has 2 aromatic heterocycles. The number of aryl methyl sites for hydroxylation is 1. The number of carboxylic acid groups (broad SMARTS) is 1. The highest BCUT2D eigenvalue weighted by Gasteiger charge is 2.18. The lowest BCUT2D eigenvalue weighted by molar-refractivity contribution is 0.0691. The van der Waals surface area contributed by atoms with Gasteiger partial charge in [0, 0.05) is 7.05 Å². The number of fused-ring (bicyclic) bond motifs is 1. The van der Waals surface area contributed by atoms with Crippen LogP contribution >= 0.6 is 0 Å². The maximum absolute atomic E-state index is 12.4. The molecule has 0 aromatic carbocycles. The highest BCUT2D eigenvalue weighted by atomic mass is 19.3. The molecule has 1 N–H and O–H groups in total. The average molecular weight is 227 g/mol. The van der Waals surface area contributed by atoms with Crippen molar-refractivity contribution in [3.8, 4) is 0 Å². The van der Waals surface area contributed by atoms with Gasteiger partial charge in [0.05, 0.1) is 5.39 Å². The van der Waals surface area contributed by atoms with Crippen molar-refractivity contribution in [1.29, 1.82) is 0 Å². The van der Waals surface area contributed by atoms with Crippen LogP contribution < -0.4 is 0 Å². The molecule has 0 atom stereocenters. The molecule has 0 aliphatic carbocycles. The van der Waals surface area contributed by atoms with Gasteiger partial charge in [0.15, 0.2) is 11.3 Å². The number of hydrogen-bond donors (Lipinski definition) is 1. The molecule has 0 saturated heterocycles. The summed E-state index contributed by atoms with van der Waals surface area (Å²) < 4.78 is 25.9. The Hall–Kier alpha value is -2.05. The van der Waals surface area contributed by atoms with E-state index >= 15 is 0 Å². The summed E-state index contributed by atoms with van der Waals surface area (Å²) in [5.41, 5.74) is -0.451. The highest BCUT2D eigenvalue weighted by Crippen LogP contribution is 2.22. The van der Waals surface area contributed by atoms with Crippen LogP contribution in [0.5, 0.6) is 0 Å². The molecule has 7 heteroatoms. The molecule has 0 aliphatic heterocycles. The van der Waals surface area contributed by atoms with Gasteiger partial charge in [-0.25, -0.2) is 23.2 Å². The Balaban J connectivity index is 2.71. The van der Waals surface area contributed by atoms with Crippen molar-refractivity contribution >= 4 is 17.0 Å². The first-order valence-electron chi connectivity index (χ1n) is 4.36. The zero-order valence-corrected chi connectivity index (χ0v) is 8.19. The average Bonchev–Trinajstić information content (AvgIpc) is 2.56. The van der Waals surface area contributed by atoms with E-state index in [-0.39, 0.29) is 16.7 Å². The van der Waals surface area contributed by atoms with Crippen LogP contribution in [-0.4, -0.2) is 25.8 Å². The maximum Gasteiger partial charge on any atom is 0.357 e. The largest absolute Gasteiger partial charge is 0.476 e. The standard InChI is InChI=1S/C9H7F2N3O2/c1-14-8-4(6(13-14)9(15)16)2-3-5(12-8)7(10)11/h2-3,7H,1H3,(H,15,16). The fourth-order valence-corrected chi connectivity index (χ4v) is 1.43. The lowest BCUT2D eigenvalue weighted by Crippen LogP contribution is -1.99. The van der Waals surface area contributed by atoms with E-state index in [0.717, 1.165) is 6.07 Å². The topological polar surface area (TPSA) is 68.0 Å². The quantitative estimate of drug-likeness (QED) is 0.846. The van der Waals surface area contributed by atoms with Gasteiger partial charge in [-0.2, -0.15) is 5.10 Å². The third-order valence-corrected chi connectivity index (χ3v) is 2.13. The zero-order chi connectivity index (χ0) is 11.9. The van der Waals surface area contributed by atoms with Crippen molar-refractivity contribution in [1.82, 2.24) is 14.8 Å². The summed E-state index contributed by atoms with van der Waals surface area (Å²) in [7, 11) is 1.46. The van der Waals surface area contributed by atoms with Crippen molar-refractivity contribution in [2.24, 2.45) is 7.05 Å². The Bertz CT molecular complexity index is 565. The van der Waals surface area contributed by atoms with Gasteiger partial charge in [-0.3, -0.25) is 0 Å². The van der Waals surface area contributed by atoms with Crippen LogP contribution in [0.1, 0.15) is 22.6 Å². The van der Waals surface area contributed by atoms with Crippen molar-refractivity contribution in [3.05, 3.63) is 23.5 Å². The number of carboxylic acids is 1. The van der Waals surface area contributed by atoms with Crippen molar-refractivity contribution in [2.75, 3.05) is 0 Å². The predicted molar refractivity (Wildman–Crippen MR) is 50.4 cm³/mol. The van der Waals surface area contributed by atoms with E-state index in [2.05, 4.69) is 10.1 Å². The van der Waals surface area contributed by atoms with Crippen LogP contribution in [0, 0.1) is 0 Å². The minimum absolute atomic E-state index is 0.134. The van der Waals surface area contributed by atoms with E-state index in [9.17, 15) is 13.6 Å². The first-order chi connectivity index (χ1) is 7.50. The summed E-state index contributed by atoms with van der Waals surface area (Å²) in [5.74, 6) is -1.21. The monoisotopic (exact) mass is 227 g/mol. The number of aromatic nitrogens is 3. The summed E-state index contributed by atoms with van der Waals surface area (Å²) in [6, 6.07) is 2.39. The Morgan fingerprint density at radius 3 is 2.75 bits per heavy atom. The van der Waals surface area contributed by atoms with Gasteiger partial charge in [-0.1, -0.05) is 0 Å². The Morgan fingerprint density at radius 1 is 1.50 bits per heavy atom. The third kappa shape index (κ3) is 1.50. The molecule has 2 rings (SSSR count). The lowest BCUT2D eigenvalue weighted by atomic mass is 10.2. The summed E-state index contributed by atoms with van der Waals surface area (Å²) in [6.07, 6.45) is -2.69. The summed E-state index contributed by atoms with van der Waals surface area (Å²) in [6.45, 7) is 0. The molecule has 0 radical (unpaired) electrons. The Kier molecular flexibility index (Phi) is 2.30. The fourth-order valence-electron chi connectivity index (χ4n) is 1.43. The SMILES string of the molecule is Cn1nc(C(=O)O)c2ccc(C(F)F)nc21. The summed E-state index contributed by atoms with van der Waals surface area (Å²) >= 11 is 0. The van der Waals surface area contributed by atoms with Crippen molar-refractivity contribution in [3.63, 3.8) is 0 Å². The zero-order valence-electron chi connectivity index (χ0n) is 8.19. The first-order valence-corrected chi connectivity index (χ1v) is 4.36. The second-order valence-corrected chi connectivity index (χ2v) is 3.19. The molecular formula is C9H7F2N3O2. The number of carbonyl (C=O) groups is 1. The van der Waals surface area contributed by atoms with E-state index in [1.165, 1.54) is 17.8 Å². The molecule has 16 heavy (non-hydrogen) atoms. The Morgan fingerprint density at radius 2 is 2.19 bits per heavy atom. The number of nitrogens with zero attached hydrogens (tertiary/aromatic N) is 3. The van der Waals surface area contributed by atoms with Crippen LogP contribution in [0.25, 0.3) is 11.0 Å². The van der Waals surface area contributed by atoms with Crippen LogP contribution in [0.3, 0.4) is 0 Å². The third-order valence-electron chi connectivity index (χ3n) is 2.13. The van der Waals surface area contributed by atoms with Crippen molar-refractivity contribution in [2.45, 2.75) is 6.43 Å². The normalized spacial score (nSPS) is 11.2. The van der Waals surface area contributed by atoms with Crippen LogP contribution in [0.4, 0.5) is 8.78 Å². The number of hydrogen-bond acceptors (Lipinski definition) is 3. The number of aromatic carboxylic acids is 1. The molecule has 5 nitrogen and oxygen atoms in total. The van der Waals surface area contributed by atoms with E-state index in [1.54, 1.807) is 0 Å². The van der Waals surface area contributed by atoms with Crippen LogP contribution in [-0.2, 0) is 7.05 Å². The van der Waals surface area contributed by atoms with E-state index in [0.29, 0.717) is 0 Å². The van der Waals surface area contributed by atoms with Gasteiger partial charge in [-0.05, 0) is 12.1 Å². The molecular weight excluding hydrogens is 220 g/mol. The van der Waals surface area contributed by atoms with E-state index in [1.807, 2.05) is 0 Å². The minimum Gasteiger partial charge on any atom is -0.476 e. The number of alkyl halides is 2. The first kappa shape index (κ1) is 10.5. The fraction of sp³-hybridized carbons (Fsp3) is 0.222. The summed E-state index contributed by atoms with van der Waals surface area (Å²) in [5, 5.41) is 12.8. The smallest absolute Gasteiger partial charge is 0.357 e. The molecule has 84 valence electrons. The number of pyridine rings is 1. The van der Waals surface area contributed by atoms with Gasteiger partial charge >= 0.3 is 5.97 Å². The molecule has 0 saturated carbocycles. The van der Waals surface area contributed by atoms with Crippen molar-refractivity contribution < 1.29 is 18.7 Å².